The van der Waals surface area contributed by atoms with Crippen LogP contribution in [0.2, 0.25) is 0 Å². The molecule has 0 N–H and O–H groups in total. The van der Waals surface area contributed by atoms with Crippen molar-refractivity contribution in [1.29, 1.82) is 0 Å². The first-order chi connectivity index (χ1) is 15.5. The Kier molecular flexibility index (Phi) is 3.83. The molecular weight excluding hydrogens is 413 g/mol. The first kappa shape index (κ1) is 18.8. The van der Waals surface area contributed by atoms with Crippen molar-refractivity contribution in [2.75, 3.05) is 6.61 Å². The summed E-state index contributed by atoms with van der Waals surface area (Å²) in [5.74, 6) is -1.82. The van der Waals surface area contributed by atoms with Gasteiger partial charge in [0, 0.05) is 23.4 Å². The Hall–Kier alpha value is -3.94. The Balaban J connectivity index is 1.74. The van der Waals surface area contributed by atoms with Gasteiger partial charge in [-0.2, -0.15) is 0 Å². The van der Waals surface area contributed by atoms with Crippen molar-refractivity contribution in [3.05, 3.63) is 69.4 Å². The Bertz CT molecular complexity index is 1570. The van der Waals surface area contributed by atoms with Gasteiger partial charge in [-0.25, -0.2) is 19.2 Å². The van der Waals surface area contributed by atoms with E-state index in [2.05, 4.69) is 9.97 Å². The molecule has 2 aromatic carbocycles. The van der Waals surface area contributed by atoms with Crippen LogP contribution in [0, 0.1) is 5.82 Å². The molecule has 0 spiro atoms. The number of halogens is 1. The van der Waals surface area contributed by atoms with Crippen LogP contribution in [0.3, 0.4) is 0 Å². The number of carbonyl (C=O) groups is 2. The smallest absolute Gasteiger partial charge is 0.343 e. The fourth-order valence-corrected chi connectivity index (χ4v) is 4.36. The van der Waals surface area contributed by atoms with Gasteiger partial charge in [-0.15, -0.1) is 0 Å². The molecule has 2 heterocycles. The number of aromatic nitrogens is 3. The highest BCUT2D eigenvalue weighted by atomic mass is 19.1. The third kappa shape index (κ3) is 2.49. The summed E-state index contributed by atoms with van der Waals surface area (Å²) in [6, 6.07) is 8.14. The van der Waals surface area contributed by atoms with Crippen LogP contribution in [0.15, 0.2) is 41.3 Å². The summed E-state index contributed by atoms with van der Waals surface area (Å²) in [5, 5.41) is 0.0410. The third-order valence-electron chi connectivity index (χ3n) is 5.97. The molecule has 0 unspecified atom stereocenters. The molecular formula is C24H16FN3O4. The highest BCUT2D eigenvalue weighted by Crippen LogP contribution is 2.40. The zero-order valence-corrected chi connectivity index (χ0v) is 17.0. The van der Waals surface area contributed by atoms with Gasteiger partial charge in [0.1, 0.15) is 28.0 Å². The van der Waals surface area contributed by atoms with Crippen LogP contribution >= 0.6 is 0 Å². The normalized spacial score (nSPS) is 14.6. The fourth-order valence-electron chi connectivity index (χ4n) is 4.36. The maximum atomic E-state index is 15.2. The maximum absolute atomic E-state index is 15.2. The fraction of sp³-hybridized carbons (Fsp3) is 0.208. The minimum absolute atomic E-state index is 0.0410. The number of nitrogens with zero attached hydrogens (tertiary/aromatic N) is 3. The lowest BCUT2D eigenvalue weighted by atomic mass is 10.1. The summed E-state index contributed by atoms with van der Waals surface area (Å²) in [7, 11) is 0. The van der Waals surface area contributed by atoms with E-state index < -0.39 is 17.2 Å². The summed E-state index contributed by atoms with van der Waals surface area (Å²) in [5.41, 5.74) is 1.34. The summed E-state index contributed by atoms with van der Waals surface area (Å²) >= 11 is 0. The van der Waals surface area contributed by atoms with E-state index in [4.69, 9.17) is 4.74 Å². The largest absolute Gasteiger partial charge is 0.462 e. The molecule has 1 fully saturated rings. The van der Waals surface area contributed by atoms with E-state index in [1.807, 2.05) is 0 Å². The Morgan fingerprint density at radius 1 is 1.12 bits per heavy atom. The van der Waals surface area contributed by atoms with Crippen LogP contribution in [0.1, 0.15) is 52.2 Å². The van der Waals surface area contributed by atoms with Crippen LogP contribution in [0.25, 0.3) is 33.2 Å². The number of ketones is 1. The molecule has 2 aliphatic rings. The number of rotatable bonds is 3. The molecule has 0 radical (unpaired) electrons. The first-order valence-corrected chi connectivity index (χ1v) is 10.4. The van der Waals surface area contributed by atoms with E-state index in [-0.39, 0.29) is 46.1 Å². The molecule has 8 heteroatoms. The van der Waals surface area contributed by atoms with Gasteiger partial charge in [0.05, 0.1) is 17.5 Å². The van der Waals surface area contributed by atoms with Gasteiger partial charge in [0.25, 0.3) is 0 Å². The maximum Gasteiger partial charge on any atom is 0.343 e. The van der Waals surface area contributed by atoms with E-state index in [1.165, 1.54) is 6.20 Å². The topological polar surface area (TPSA) is 91.2 Å². The second-order valence-electron chi connectivity index (χ2n) is 7.98. The van der Waals surface area contributed by atoms with Crippen LogP contribution in [-0.2, 0) is 4.74 Å². The minimum Gasteiger partial charge on any atom is -0.462 e. The lowest BCUT2D eigenvalue weighted by Gasteiger charge is -2.15. The van der Waals surface area contributed by atoms with Crippen LogP contribution in [0.4, 0.5) is 4.39 Å². The zero-order valence-electron chi connectivity index (χ0n) is 17.0. The van der Waals surface area contributed by atoms with Crippen molar-refractivity contribution in [1.82, 2.24) is 14.5 Å². The predicted octanol–water partition coefficient (Wildman–Crippen LogP) is 3.81. The monoisotopic (exact) mass is 429 g/mol. The van der Waals surface area contributed by atoms with Crippen LogP contribution < -0.4 is 5.43 Å². The highest BCUT2D eigenvalue weighted by molar-refractivity contribution is 6.21. The number of hydrogen-bond donors (Lipinski definition) is 0. The van der Waals surface area contributed by atoms with Gasteiger partial charge in [-0.05, 0) is 25.8 Å². The quantitative estimate of drug-likeness (QED) is 0.320. The summed E-state index contributed by atoms with van der Waals surface area (Å²) in [6.07, 6.45) is 3.20. The Morgan fingerprint density at radius 3 is 2.56 bits per heavy atom. The van der Waals surface area contributed by atoms with Gasteiger partial charge < -0.3 is 9.30 Å². The molecule has 0 bridgehead atoms. The standard InChI is InChI=1S/C24H16FN3O4/c1-2-32-24(31)15-10-28(11-7-8-11)21-14(22(15)29)9-16(25)18-19(21)26-17-12-5-3-4-6-13(12)23(30)20(17)27-18/h3-6,9-11H,2,7-8H2,1H3. The second-order valence-corrected chi connectivity index (χ2v) is 7.98. The number of esters is 1. The number of fused-ring (bicyclic) bond motifs is 6. The average Bonchev–Trinajstić information content (AvgIpc) is 3.60. The molecule has 4 aromatic rings. The SMILES string of the molecule is CCOC(=O)c1cn(C2CC2)c2c(cc(F)c3nc4c(nc32)-c2ccccc2C4=O)c1=O. The van der Waals surface area contributed by atoms with Crippen molar-refractivity contribution in [3.8, 4) is 11.3 Å². The van der Waals surface area contributed by atoms with Gasteiger partial charge in [-0.3, -0.25) is 9.59 Å². The molecule has 0 aliphatic heterocycles. The molecule has 32 heavy (non-hydrogen) atoms. The van der Waals surface area contributed by atoms with Crippen LogP contribution in [0.5, 0.6) is 0 Å². The van der Waals surface area contributed by atoms with Gasteiger partial charge in [0.2, 0.25) is 11.2 Å². The van der Waals surface area contributed by atoms with Crippen molar-refractivity contribution in [2.45, 2.75) is 25.8 Å². The summed E-state index contributed by atoms with van der Waals surface area (Å²) < 4.78 is 22.0. The molecule has 0 saturated heterocycles. The number of carbonyl (C=O) groups excluding carboxylic acids is 2. The zero-order chi connectivity index (χ0) is 22.1. The van der Waals surface area contributed by atoms with E-state index in [0.717, 1.165) is 18.9 Å². The minimum atomic E-state index is -0.771. The van der Waals surface area contributed by atoms with Crippen molar-refractivity contribution in [3.63, 3.8) is 0 Å². The van der Waals surface area contributed by atoms with Gasteiger partial charge >= 0.3 is 5.97 Å². The second kappa shape index (κ2) is 6.53. The third-order valence-corrected chi connectivity index (χ3v) is 5.97. The molecule has 7 nitrogen and oxygen atoms in total. The molecule has 2 aliphatic carbocycles. The molecule has 1 saturated carbocycles. The Morgan fingerprint density at radius 2 is 1.84 bits per heavy atom. The molecule has 2 aromatic heterocycles. The lowest BCUT2D eigenvalue weighted by molar-refractivity contribution is 0.0524. The molecule has 0 atom stereocenters. The number of benzene rings is 2. The number of hydrogen-bond acceptors (Lipinski definition) is 6. The molecule has 158 valence electrons. The van der Waals surface area contributed by atoms with E-state index in [1.54, 1.807) is 35.8 Å². The van der Waals surface area contributed by atoms with Crippen LogP contribution in [-0.4, -0.2) is 32.9 Å². The summed E-state index contributed by atoms with van der Waals surface area (Å²) in [4.78, 5) is 47.3. The molecule has 0 amide bonds. The predicted molar refractivity (Wildman–Crippen MR) is 114 cm³/mol. The number of pyridine rings is 1. The van der Waals surface area contributed by atoms with Crippen molar-refractivity contribution >= 4 is 33.7 Å². The summed E-state index contributed by atoms with van der Waals surface area (Å²) in [6.45, 7) is 1.78. The van der Waals surface area contributed by atoms with E-state index in [9.17, 15) is 14.4 Å². The van der Waals surface area contributed by atoms with Gasteiger partial charge in [0.15, 0.2) is 5.82 Å². The Labute approximate surface area is 180 Å². The van der Waals surface area contributed by atoms with Crippen molar-refractivity contribution in [2.24, 2.45) is 0 Å². The molecule has 6 rings (SSSR count). The average molecular weight is 429 g/mol. The van der Waals surface area contributed by atoms with E-state index >= 15 is 4.39 Å². The van der Waals surface area contributed by atoms with E-state index in [0.29, 0.717) is 22.3 Å². The number of ether oxygens (including phenoxy) is 1. The first-order valence-electron chi connectivity index (χ1n) is 10.4. The van der Waals surface area contributed by atoms with Gasteiger partial charge in [-0.1, -0.05) is 24.3 Å². The lowest BCUT2D eigenvalue weighted by Crippen LogP contribution is -2.21. The highest BCUT2D eigenvalue weighted by Gasteiger charge is 2.33. The van der Waals surface area contributed by atoms with Crippen molar-refractivity contribution < 1.29 is 18.7 Å².